The number of aryl methyl sites for hydroxylation is 1. The van der Waals surface area contributed by atoms with E-state index in [1.807, 2.05) is 12.1 Å². The van der Waals surface area contributed by atoms with Crippen molar-refractivity contribution in [1.82, 2.24) is 4.90 Å². The van der Waals surface area contributed by atoms with Gasteiger partial charge in [-0.25, -0.2) is 9.59 Å². The molecule has 3 aromatic carbocycles. The highest BCUT2D eigenvalue weighted by Crippen LogP contribution is 2.46. The number of nitrogens with zero attached hydrogens (tertiary/aromatic N) is 1. The minimum atomic E-state index is -0.499. The van der Waals surface area contributed by atoms with E-state index >= 15 is 0 Å². The van der Waals surface area contributed by atoms with Gasteiger partial charge in [0.05, 0.1) is 31.0 Å². The van der Waals surface area contributed by atoms with Crippen LogP contribution in [-0.2, 0) is 39.8 Å². The summed E-state index contributed by atoms with van der Waals surface area (Å²) in [5.74, 6) is 0.757. The molecule has 2 aliphatic carbocycles. The number of esters is 2. The van der Waals surface area contributed by atoms with Gasteiger partial charge in [-0.2, -0.15) is 0 Å². The number of methoxy groups -OCH3 is 2. The second-order valence-electron chi connectivity index (χ2n) is 15.3. The lowest BCUT2D eigenvalue weighted by molar-refractivity contribution is -0.141. The summed E-state index contributed by atoms with van der Waals surface area (Å²) in [6.07, 6.45) is 12.4. The van der Waals surface area contributed by atoms with Crippen LogP contribution in [0, 0.1) is 11.8 Å². The van der Waals surface area contributed by atoms with Gasteiger partial charge in [-0.1, -0.05) is 67.8 Å². The predicted octanol–water partition coefficient (Wildman–Crippen LogP) is 8.56. The SMILES string of the molecule is C=C(COC)C(=O)OCCCc1ccc(-c2ccc(-c3ccc(OC(=O)C(=C)COC)cc3C3CCC(C4CCC(N5C(=O)C=CC5=O)CC4)CC3)cc2)cc1. The lowest BCUT2D eigenvalue weighted by atomic mass is 9.68. The maximum absolute atomic E-state index is 12.8. The molecule has 0 bridgehead atoms. The van der Waals surface area contributed by atoms with Gasteiger partial charge >= 0.3 is 11.9 Å². The molecule has 0 unspecified atom stereocenters. The van der Waals surface area contributed by atoms with Crippen molar-refractivity contribution in [2.75, 3.05) is 34.0 Å². The first-order valence-electron chi connectivity index (χ1n) is 19.8. The van der Waals surface area contributed by atoms with Crippen molar-refractivity contribution in [3.63, 3.8) is 0 Å². The molecule has 9 heteroatoms. The largest absolute Gasteiger partial charge is 0.462 e. The molecule has 0 N–H and O–H groups in total. The molecule has 9 nitrogen and oxygen atoms in total. The van der Waals surface area contributed by atoms with Crippen LogP contribution in [0.3, 0.4) is 0 Å². The minimum Gasteiger partial charge on any atom is -0.462 e. The van der Waals surface area contributed by atoms with Crippen LogP contribution in [0.4, 0.5) is 0 Å². The van der Waals surface area contributed by atoms with Crippen LogP contribution in [0.1, 0.15) is 74.8 Å². The number of benzene rings is 3. The third-order valence-electron chi connectivity index (χ3n) is 11.6. The molecule has 2 saturated carbocycles. The summed E-state index contributed by atoms with van der Waals surface area (Å²) in [4.78, 5) is 50.7. The van der Waals surface area contributed by atoms with Crippen LogP contribution >= 0.6 is 0 Å². The number of imide groups is 1. The lowest BCUT2D eigenvalue weighted by Gasteiger charge is -2.40. The summed E-state index contributed by atoms with van der Waals surface area (Å²) in [6, 6.07) is 23.1. The number of rotatable bonds is 16. The Morgan fingerprint density at radius 3 is 1.80 bits per heavy atom. The van der Waals surface area contributed by atoms with Gasteiger partial charge in [0.1, 0.15) is 5.75 Å². The molecular weight excluding hydrogens is 707 g/mol. The minimum absolute atomic E-state index is 0.0132. The van der Waals surface area contributed by atoms with E-state index in [1.165, 1.54) is 42.4 Å². The standard InChI is InChI=1S/C47H53NO8/c1-31(29-53-3)46(51)55-27-5-6-33-7-9-34(10-8-33)35-11-15-38(16-12-35)42-24-23-41(56-47(52)32(2)30-54-4)28-43(42)39-17-13-36(14-18-39)37-19-21-40(22-20-37)48-44(49)25-26-45(48)50/h7-12,15-16,23-26,28,36-37,39-40H,1-2,5-6,13-14,17-22,27,29-30H2,3-4H3. The quantitative estimate of drug-likeness (QED) is 0.0470. The smallest absolute Gasteiger partial charge is 0.341 e. The van der Waals surface area contributed by atoms with Crippen LogP contribution in [0.5, 0.6) is 5.75 Å². The Balaban J connectivity index is 1.10. The molecule has 2 fully saturated rings. The molecule has 1 aliphatic heterocycles. The molecule has 56 heavy (non-hydrogen) atoms. The lowest BCUT2D eigenvalue weighted by Crippen LogP contribution is -2.42. The summed E-state index contributed by atoms with van der Waals surface area (Å²) in [5, 5.41) is 0. The van der Waals surface area contributed by atoms with E-state index in [-0.39, 0.29) is 36.6 Å². The summed E-state index contributed by atoms with van der Waals surface area (Å²) in [6.45, 7) is 8.10. The maximum atomic E-state index is 12.8. The normalized spacial score (nSPS) is 20.9. The van der Waals surface area contributed by atoms with Gasteiger partial charge in [0, 0.05) is 32.4 Å². The average Bonchev–Trinajstić information content (AvgIpc) is 3.56. The Morgan fingerprint density at radius 1 is 0.679 bits per heavy atom. The van der Waals surface area contributed by atoms with Gasteiger partial charge in [-0.05, 0) is 127 Å². The highest BCUT2D eigenvalue weighted by Gasteiger charge is 2.37. The topological polar surface area (TPSA) is 108 Å². The first kappa shape index (κ1) is 40.5. The average molecular weight is 760 g/mol. The van der Waals surface area contributed by atoms with Crippen LogP contribution in [-0.4, -0.2) is 68.7 Å². The Morgan fingerprint density at radius 2 is 1.21 bits per heavy atom. The first-order chi connectivity index (χ1) is 27.1. The predicted molar refractivity (Wildman–Crippen MR) is 216 cm³/mol. The molecular formula is C47H53NO8. The van der Waals surface area contributed by atoms with Gasteiger partial charge in [-0.15, -0.1) is 0 Å². The molecule has 6 rings (SSSR count). The molecule has 294 valence electrons. The van der Waals surface area contributed by atoms with E-state index in [0.717, 1.165) is 80.0 Å². The van der Waals surface area contributed by atoms with Crippen molar-refractivity contribution in [3.05, 3.63) is 114 Å². The van der Waals surface area contributed by atoms with E-state index < -0.39 is 11.9 Å². The second-order valence-corrected chi connectivity index (χ2v) is 15.3. The summed E-state index contributed by atoms with van der Waals surface area (Å²) >= 11 is 0. The van der Waals surface area contributed by atoms with Crippen molar-refractivity contribution < 1.29 is 38.1 Å². The zero-order chi connectivity index (χ0) is 39.6. The van der Waals surface area contributed by atoms with Crippen molar-refractivity contribution >= 4 is 23.8 Å². The van der Waals surface area contributed by atoms with Crippen molar-refractivity contribution in [3.8, 4) is 28.0 Å². The third-order valence-corrected chi connectivity index (χ3v) is 11.6. The zero-order valence-corrected chi connectivity index (χ0v) is 32.6. The molecule has 3 aliphatic rings. The summed E-state index contributed by atoms with van der Waals surface area (Å²) in [5.41, 5.74) is 7.38. The molecule has 0 radical (unpaired) electrons. The number of amides is 2. The van der Waals surface area contributed by atoms with E-state index in [9.17, 15) is 19.2 Å². The molecule has 0 atom stereocenters. The molecule has 0 saturated heterocycles. The van der Waals surface area contributed by atoms with Crippen LogP contribution in [0.15, 0.2) is 103 Å². The first-order valence-corrected chi connectivity index (χ1v) is 19.8. The Hall–Kier alpha value is -5.12. The van der Waals surface area contributed by atoms with Crippen LogP contribution in [0.2, 0.25) is 0 Å². The molecule has 3 aromatic rings. The Kier molecular flexibility index (Phi) is 13.9. The molecule has 2 amide bonds. The Labute approximate surface area is 330 Å². The zero-order valence-electron chi connectivity index (χ0n) is 32.6. The number of hydrogen-bond acceptors (Lipinski definition) is 8. The van der Waals surface area contributed by atoms with Gasteiger partial charge in [0.15, 0.2) is 0 Å². The number of carbonyl (C=O) groups excluding carboxylic acids is 4. The highest BCUT2D eigenvalue weighted by atomic mass is 16.5. The van der Waals surface area contributed by atoms with Gasteiger partial charge in [-0.3, -0.25) is 14.5 Å². The van der Waals surface area contributed by atoms with Crippen LogP contribution in [0.25, 0.3) is 22.3 Å². The van der Waals surface area contributed by atoms with E-state index in [2.05, 4.69) is 67.8 Å². The van der Waals surface area contributed by atoms with Gasteiger partial charge < -0.3 is 18.9 Å². The van der Waals surface area contributed by atoms with Crippen molar-refractivity contribution in [2.24, 2.45) is 11.8 Å². The fourth-order valence-electron chi connectivity index (χ4n) is 8.60. The number of hydrogen-bond donors (Lipinski definition) is 0. The van der Waals surface area contributed by atoms with E-state index in [4.69, 9.17) is 18.9 Å². The van der Waals surface area contributed by atoms with Gasteiger partial charge in [0.25, 0.3) is 11.8 Å². The van der Waals surface area contributed by atoms with Crippen LogP contribution < -0.4 is 4.74 Å². The third kappa shape index (κ3) is 10.00. The van der Waals surface area contributed by atoms with E-state index in [0.29, 0.717) is 42.1 Å². The van der Waals surface area contributed by atoms with E-state index in [1.54, 1.807) is 0 Å². The second kappa shape index (κ2) is 19.2. The van der Waals surface area contributed by atoms with Crippen molar-refractivity contribution in [2.45, 2.75) is 76.2 Å². The molecule has 1 heterocycles. The Bertz CT molecular complexity index is 1910. The molecule has 0 spiro atoms. The molecule has 0 aromatic heterocycles. The summed E-state index contributed by atoms with van der Waals surface area (Å²) < 4.78 is 21.1. The number of ether oxygens (including phenoxy) is 4. The fourth-order valence-corrected chi connectivity index (χ4v) is 8.60. The fraction of sp³-hybridized carbons (Fsp3) is 0.404. The van der Waals surface area contributed by atoms with Crippen molar-refractivity contribution in [1.29, 1.82) is 0 Å². The highest BCUT2D eigenvalue weighted by molar-refractivity contribution is 6.13. The monoisotopic (exact) mass is 759 g/mol. The maximum Gasteiger partial charge on any atom is 0.341 e. The van der Waals surface area contributed by atoms with Gasteiger partial charge in [0.2, 0.25) is 0 Å². The summed E-state index contributed by atoms with van der Waals surface area (Å²) in [7, 11) is 3.04. The number of carbonyl (C=O) groups is 4.